The van der Waals surface area contributed by atoms with Gasteiger partial charge in [-0.15, -0.1) is 11.8 Å². The van der Waals surface area contributed by atoms with Gasteiger partial charge in [0.25, 0.3) is 0 Å². The van der Waals surface area contributed by atoms with Gasteiger partial charge in [-0.25, -0.2) is 4.98 Å². The fourth-order valence-electron chi connectivity index (χ4n) is 2.47. The molecule has 0 amide bonds. The fourth-order valence-corrected chi connectivity index (χ4v) is 4.09. The number of aromatic nitrogens is 3. The van der Waals surface area contributed by atoms with Crippen LogP contribution in [0, 0.1) is 0 Å². The molecule has 1 aromatic carbocycles. The average Bonchev–Trinajstić information content (AvgIpc) is 2.99. The third-order valence-electron chi connectivity index (χ3n) is 3.43. The second-order valence-electron chi connectivity index (χ2n) is 4.68. The topological polar surface area (TPSA) is 30.7 Å². The van der Waals surface area contributed by atoms with Crippen molar-refractivity contribution in [2.75, 3.05) is 0 Å². The van der Waals surface area contributed by atoms with E-state index in [1.54, 1.807) is 0 Å². The highest BCUT2D eigenvalue weighted by atomic mass is 35.5. The average molecular weight is 323 g/mol. The molecule has 1 atom stereocenters. The van der Waals surface area contributed by atoms with Crippen molar-refractivity contribution < 1.29 is 0 Å². The van der Waals surface area contributed by atoms with Crippen LogP contribution in [0.5, 0.6) is 0 Å². The highest BCUT2D eigenvalue weighted by Crippen LogP contribution is 2.44. The lowest BCUT2D eigenvalue weighted by Gasteiger charge is -2.08. The summed E-state index contributed by atoms with van der Waals surface area (Å²) in [6, 6.07) is 9.75. The normalized spacial score (nSPS) is 17.6. The SMILES string of the molecule is Clc1cc2nc3n(c2cc1Cl)CC(c1ccccn1)[SH]3. The van der Waals surface area contributed by atoms with Crippen LogP contribution in [0.4, 0.5) is 0 Å². The van der Waals surface area contributed by atoms with Crippen LogP contribution in [-0.4, -0.2) is 14.5 Å². The Hall–Kier alpha value is -1.23. The number of benzene rings is 1. The number of hydrogen-bond acceptors (Lipinski definition) is 2. The predicted octanol–water partition coefficient (Wildman–Crippen LogP) is 4.32. The lowest BCUT2D eigenvalue weighted by molar-refractivity contribution is 0.674. The second-order valence-corrected chi connectivity index (χ2v) is 6.77. The van der Waals surface area contributed by atoms with E-state index in [-0.39, 0.29) is 0 Å². The van der Waals surface area contributed by atoms with Crippen molar-refractivity contribution >= 4 is 46.0 Å². The van der Waals surface area contributed by atoms with E-state index in [2.05, 4.69) is 20.6 Å². The van der Waals surface area contributed by atoms with Gasteiger partial charge in [-0.05, 0) is 24.3 Å². The molecule has 1 radical (unpaired) electrons. The van der Waals surface area contributed by atoms with Crippen molar-refractivity contribution in [3.8, 4) is 0 Å². The molecule has 0 spiro atoms. The zero-order chi connectivity index (χ0) is 13.7. The number of hydrogen-bond donors (Lipinski definition) is 1. The van der Waals surface area contributed by atoms with Crippen LogP contribution in [0.3, 0.4) is 0 Å². The van der Waals surface area contributed by atoms with Gasteiger partial charge in [0, 0.05) is 12.7 Å². The van der Waals surface area contributed by atoms with Gasteiger partial charge in [0.2, 0.25) is 0 Å². The van der Waals surface area contributed by atoms with E-state index >= 15 is 0 Å². The Kier molecular flexibility index (Phi) is 2.91. The van der Waals surface area contributed by atoms with Gasteiger partial charge in [-0.3, -0.25) is 4.98 Å². The Morgan fingerprint density at radius 1 is 1.20 bits per heavy atom. The first kappa shape index (κ1) is 12.5. The number of nitrogens with zero attached hydrogens (tertiary/aromatic N) is 3. The molecule has 0 fully saturated rings. The molecule has 3 heterocycles. The lowest BCUT2D eigenvalue weighted by Crippen LogP contribution is -2.00. The number of rotatable bonds is 1. The molecule has 0 bridgehead atoms. The monoisotopic (exact) mass is 322 g/mol. The van der Waals surface area contributed by atoms with E-state index in [0.29, 0.717) is 15.3 Å². The minimum atomic E-state index is 0.359. The lowest BCUT2D eigenvalue weighted by atomic mass is 10.2. The van der Waals surface area contributed by atoms with E-state index in [1.807, 2.05) is 30.5 Å². The Morgan fingerprint density at radius 2 is 2.05 bits per heavy atom. The highest BCUT2D eigenvalue weighted by molar-refractivity contribution is 7.99. The largest absolute Gasteiger partial charge is 0.318 e. The van der Waals surface area contributed by atoms with Crippen LogP contribution < -0.4 is 0 Å². The van der Waals surface area contributed by atoms with Crippen molar-refractivity contribution in [2.45, 2.75) is 17.0 Å². The zero-order valence-corrected chi connectivity index (χ0v) is 12.7. The van der Waals surface area contributed by atoms with Crippen LogP contribution in [0.1, 0.15) is 10.9 Å². The summed E-state index contributed by atoms with van der Waals surface area (Å²) in [4.78, 5) is 9.09. The number of fused-ring (bicyclic) bond motifs is 3. The summed E-state index contributed by atoms with van der Waals surface area (Å²) in [6.07, 6.45) is 1.83. The van der Waals surface area contributed by atoms with Gasteiger partial charge in [0.1, 0.15) is 0 Å². The standard InChI is InChI=1S/C14H10Cl2N3S/c15-8-5-11-12(6-9(8)16)19-7-13(20-14(19)18-11)10-3-1-2-4-17-10/h1-6,13,20H,7H2. The smallest absolute Gasteiger partial charge is 0.157 e. The van der Waals surface area contributed by atoms with Gasteiger partial charge in [0.05, 0.1) is 32.0 Å². The number of halogens is 2. The Balaban J connectivity index is 1.78. The van der Waals surface area contributed by atoms with Crippen molar-refractivity contribution in [1.29, 1.82) is 0 Å². The van der Waals surface area contributed by atoms with Gasteiger partial charge < -0.3 is 4.57 Å². The summed E-state index contributed by atoms with van der Waals surface area (Å²) in [6.45, 7) is 0.877. The minimum absolute atomic E-state index is 0.359. The second kappa shape index (κ2) is 4.65. The van der Waals surface area contributed by atoms with E-state index in [1.165, 1.54) is 11.8 Å². The van der Waals surface area contributed by atoms with Gasteiger partial charge in [-0.1, -0.05) is 29.3 Å². The molecule has 0 N–H and O–H groups in total. The molecular weight excluding hydrogens is 313 g/mol. The predicted molar refractivity (Wildman–Crippen MR) is 84.0 cm³/mol. The zero-order valence-electron chi connectivity index (χ0n) is 10.3. The molecular formula is C14H10Cl2N3S. The number of imidazole rings is 1. The van der Waals surface area contributed by atoms with Crippen LogP contribution in [0.2, 0.25) is 10.0 Å². The maximum absolute atomic E-state index is 6.11. The molecule has 0 saturated carbocycles. The van der Waals surface area contributed by atoms with Crippen molar-refractivity contribution in [3.63, 3.8) is 0 Å². The summed E-state index contributed by atoms with van der Waals surface area (Å²) in [5.74, 6) is 0. The molecule has 1 unspecified atom stereocenters. The molecule has 0 saturated heterocycles. The van der Waals surface area contributed by atoms with Gasteiger partial charge in [-0.2, -0.15) is 0 Å². The molecule has 4 rings (SSSR count). The van der Waals surface area contributed by atoms with Gasteiger partial charge >= 0.3 is 0 Å². The third kappa shape index (κ3) is 1.91. The van der Waals surface area contributed by atoms with Crippen molar-refractivity contribution in [1.82, 2.24) is 14.5 Å². The summed E-state index contributed by atoms with van der Waals surface area (Å²) in [7, 11) is 0. The van der Waals surface area contributed by atoms with Crippen LogP contribution in [-0.2, 0) is 6.54 Å². The molecule has 0 aliphatic carbocycles. The molecule has 1 aliphatic rings. The Bertz CT molecular complexity index is 801. The van der Waals surface area contributed by atoms with E-state index in [9.17, 15) is 0 Å². The number of pyridine rings is 1. The quantitative estimate of drug-likeness (QED) is 0.676. The first-order valence-electron chi connectivity index (χ1n) is 6.19. The molecule has 1 aliphatic heterocycles. The van der Waals surface area contributed by atoms with Gasteiger partial charge in [0.15, 0.2) is 5.16 Å². The number of thiol groups is 1. The maximum Gasteiger partial charge on any atom is 0.157 e. The molecule has 3 nitrogen and oxygen atoms in total. The molecule has 101 valence electrons. The van der Waals surface area contributed by atoms with E-state index < -0.39 is 0 Å². The summed E-state index contributed by atoms with van der Waals surface area (Å²) in [5, 5.41) is 2.53. The third-order valence-corrected chi connectivity index (χ3v) is 5.46. The maximum atomic E-state index is 6.11. The summed E-state index contributed by atoms with van der Waals surface area (Å²) >= 11 is 13.3. The van der Waals surface area contributed by atoms with E-state index in [0.717, 1.165) is 28.4 Å². The summed E-state index contributed by atoms with van der Waals surface area (Å²) in [5.41, 5.74) is 3.05. The summed E-state index contributed by atoms with van der Waals surface area (Å²) < 4.78 is 2.21. The molecule has 3 aromatic rings. The fraction of sp³-hybridized carbons (Fsp3) is 0.143. The molecule has 2 aromatic heterocycles. The first-order chi connectivity index (χ1) is 9.72. The molecule has 20 heavy (non-hydrogen) atoms. The highest BCUT2D eigenvalue weighted by Gasteiger charge is 2.26. The van der Waals surface area contributed by atoms with Crippen LogP contribution in [0.15, 0.2) is 41.7 Å². The van der Waals surface area contributed by atoms with Crippen molar-refractivity contribution in [2.24, 2.45) is 0 Å². The Morgan fingerprint density at radius 3 is 2.85 bits per heavy atom. The molecule has 6 heteroatoms. The minimum Gasteiger partial charge on any atom is -0.318 e. The van der Waals surface area contributed by atoms with Crippen molar-refractivity contribution in [3.05, 3.63) is 52.3 Å². The van der Waals surface area contributed by atoms with E-state index in [4.69, 9.17) is 23.2 Å². The first-order valence-corrected chi connectivity index (χ1v) is 7.91. The van der Waals surface area contributed by atoms with Crippen LogP contribution in [0.25, 0.3) is 11.0 Å². The Labute approximate surface area is 129 Å². The van der Waals surface area contributed by atoms with Crippen LogP contribution >= 0.6 is 35.0 Å².